The first kappa shape index (κ1) is 10.8. The summed E-state index contributed by atoms with van der Waals surface area (Å²) in [5, 5.41) is 10.6. The Morgan fingerprint density at radius 1 is 1.44 bits per heavy atom. The van der Waals surface area contributed by atoms with Crippen LogP contribution >= 0.6 is 15.9 Å². The molecule has 1 aliphatic heterocycles. The lowest BCUT2D eigenvalue weighted by atomic mass is 10.1. The molecule has 0 bridgehead atoms. The Morgan fingerprint density at radius 3 is 2.69 bits per heavy atom. The van der Waals surface area contributed by atoms with Crippen LogP contribution in [0.3, 0.4) is 0 Å². The van der Waals surface area contributed by atoms with Crippen LogP contribution < -0.4 is 0 Å². The molecule has 1 saturated heterocycles. The van der Waals surface area contributed by atoms with Crippen molar-refractivity contribution in [2.24, 2.45) is 5.92 Å². The molecule has 1 aliphatic carbocycles. The predicted octanol–water partition coefficient (Wildman–Crippen LogP) is 2.36. The van der Waals surface area contributed by atoms with Gasteiger partial charge in [-0.3, -0.25) is 4.90 Å². The maximum absolute atomic E-state index is 10.6. The van der Waals surface area contributed by atoms with Gasteiger partial charge >= 0.3 is 0 Å². The van der Waals surface area contributed by atoms with E-state index in [2.05, 4.69) is 33.0 Å². The lowest BCUT2D eigenvalue weighted by Crippen LogP contribution is -2.49. The van der Waals surface area contributed by atoms with Gasteiger partial charge in [0, 0.05) is 13.1 Å². The molecule has 0 amide bonds. The molecule has 1 aromatic carbocycles. The smallest absolute Gasteiger partial charge is 0.131 e. The summed E-state index contributed by atoms with van der Waals surface area (Å²) in [7, 11) is 0. The van der Waals surface area contributed by atoms with Crippen molar-refractivity contribution in [3.8, 4) is 0 Å². The van der Waals surface area contributed by atoms with Crippen molar-refractivity contribution in [2.45, 2.75) is 29.9 Å². The first-order valence-electron chi connectivity index (χ1n) is 5.74. The number of aliphatic hydroxyl groups is 1. The van der Waals surface area contributed by atoms with Gasteiger partial charge in [-0.2, -0.15) is 0 Å². The van der Waals surface area contributed by atoms with Gasteiger partial charge in [0.15, 0.2) is 0 Å². The van der Waals surface area contributed by atoms with Gasteiger partial charge < -0.3 is 5.11 Å². The Kier molecular flexibility index (Phi) is 2.23. The van der Waals surface area contributed by atoms with E-state index < -0.39 is 5.72 Å². The molecule has 0 spiro atoms. The molecule has 16 heavy (non-hydrogen) atoms. The van der Waals surface area contributed by atoms with Gasteiger partial charge in [0.1, 0.15) is 5.72 Å². The fourth-order valence-corrected chi connectivity index (χ4v) is 3.60. The molecule has 3 heteroatoms. The van der Waals surface area contributed by atoms with Crippen LogP contribution in [0.2, 0.25) is 0 Å². The average molecular weight is 282 g/mol. The summed E-state index contributed by atoms with van der Waals surface area (Å²) < 4.78 is -0.0468. The predicted molar refractivity (Wildman–Crippen MR) is 67.2 cm³/mol. The summed E-state index contributed by atoms with van der Waals surface area (Å²) in [6, 6.07) is 10.3. The molecule has 3 rings (SSSR count). The Labute approximate surface area is 104 Å². The van der Waals surface area contributed by atoms with E-state index in [9.17, 15) is 5.11 Å². The van der Waals surface area contributed by atoms with Crippen molar-refractivity contribution in [1.82, 2.24) is 4.90 Å². The summed E-state index contributed by atoms with van der Waals surface area (Å²) in [6.45, 7) is 3.75. The maximum atomic E-state index is 10.6. The largest absolute Gasteiger partial charge is 0.374 e. The molecule has 3 atom stereocenters. The number of alkyl halides is 1. The average Bonchev–Trinajstić information content (AvgIpc) is 2.87. The summed E-state index contributed by atoms with van der Waals surface area (Å²) in [6.07, 6.45) is 1.10. The Morgan fingerprint density at radius 2 is 2.12 bits per heavy atom. The molecule has 0 radical (unpaired) electrons. The molecule has 86 valence electrons. The topological polar surface area (TPSA) is 23.5 Å². The zero-order valence-electron chi connectivity index (χ0n) is 9.36. The van der Waals surface area contributed by atoms with Gasteiger partial charge in [0.25, 0.3) is 0 Å². The third-order valence-corrected chi connectivity index (χ3v) is 5.81. The number of rotatable bonds is 2. The van der Waals surface area contributed by atoms with E-state index in [4.69, 9.17) is 0 Å². The van der Waals surface area contributed by atoms with Crippen molar-refractivity contribution in [1.29, 1.82) is 0 Å². The summed E-state index contributed by atoms with van der Waals surface area (Å²) in [5.74, 6) is 0.617. The zero-order valence-corrected chi connectivity index (χ0v) is 10.9. The minimum atomic E-state index is -0.715. The van der Waals surface area contributed by atoms with E-state index in [0.717, 1.165) is 19.5 Å². The highest BCUT2D eigenvalue weighted by molar-refractivity contribution is 9.10. The summed E-state index contributed by atoms with van der Waals surface area (Å²) in [5.41, 5.74) is 0.549. The number of nitrogens with zero attached hydrogens (tertiary/aromatic N) is 1. The SMILES string of the molecule is C[C@@]1(O)N(Cc2ccccc2)C[C@H]2C[C@]21Br. The highest BCUT2D eigenvalue weighted by atomic mass is 79.9. The van der Waals surface area contributed by atoms with Crippen molar-refractivity contribution in [3.05, 3.63) is 35.9 Å². The van der Waals surface area contributed by atoms with E-state index in [1.54, 1.807) is 0 Å². The third-order valence-electron chi connectivity index (χ3n) is 4.09. The van der Waals surface area contributed by atoms with E-state index in [0.29, 0.717) is 5.92 Å². The highest BCUT2D eigenvalue weighted by Gasteiger charge is 2.70. The molecule has 2 fully saturated rings. The molecule has 1 heterocycles. The minimum absolute atomic E-state index is 0.0468. The Hall–Kier alpha value is -0.380. The van der Waals surface area contributed by atoms with Gasteiger partial charge in [-0.25, -0.2) is 0 Å². The van der Waals surface area contributed by atoms with Crippen LogP contribution in [0.25, 0.3) is 0 Å². The van der Waals surface area contributed by atoms with Crippen molar-refractivity contribution in [2.75, 3.05) is 6.54 Å². The monoisotopic (exact) mass is 281 g/mol. The van der Waals surface area contributed by atoms with Gasteiger partial charge in [-0.15, -0.1) is 0 Å². The number of halogens is 1. The first-order valence-corrected chi connectivity index (χ1v) is 6.53. The molecule has 1 aromatic rings. The lowest BCUT2D eigenvalue weighted by Gasteiger charge is -2.35. The van der Waals surface area contributed by atoms with Crippen LogP contribution in [0, 0.1) is 5.92 Å². The maximum Gasteiger partial charge on any atom is 0.131 e. The summed E-state index contributed by atoms with van der Waals surface area (Å²) in [4.78, 5) is 2.17. The quantitative estimate of drug-likeness (QED) is 0.842. The fraction of sp³-hybridized carbons (Fsp3) is 0.538. The standard InChI is InChI=1S/C13H16BrNO/c1-12(16)13(14)7-11(13)9-15(12)8-10-5-3-2-4-6-10/h2-6,11,16H,7-9H2,1H3/t11-,12+,13+/m1/s1. The Balaban J connectivity index is 1.79. The van der Waals surface area contributed by atoms with Crippen molar-refractivity contribution >= 4 is 15.9 Å². The molecular weight excluding hydrogens is 266 g/mol. The molecule has 1 N–H and O–H groups in total. The second-order valence-electron chi connectivity index (χ2n) is 5.15. The van der Waals surface area contributed by atoms with Crippen LogP contribution in [0.5, 0.6) is 0 Å². The van der Waals surface area contributed by atoms with Gasteiger partial charge in [0.2, 0.25) is 0 Å². The molecule has 0 unspecified atom stereocenters. The second-order valence-corrected chi connectivity index (χ2v) is 6.57. The summed E-state index contributed by atoms with van der Waals surface area (Å²) >= 11 is 3.70. The van der Waals surface area contributed by atoms with Gasteiger partial charge in [-0.1, -0.05) is 46.3 Å². The molecule has 0 aromatic heterocycles. The van der Waals surface area contributed by atoms with Crippen LogP contribution in [0.4, 0.5) is 0 Å². The lowest BCUT2D eigenvalue weighted by molar-refractivity contribution is -0.0809. The normalized spacial score (nSPS) is 42.1. The first-order chi connectivity index (χ1) is 7.54. The number of fused-ring (bicyclic) bond motifs is 1. The van der Waals surface area contributed by atoms with Crippen LogP contribution in [-0.2, 0) is 6.54 Å². The zero-order chi connectivity index (χ0) is 11.4. The van der Waals surface area contributed by atoms with Crippen molar-refractivity contribution < 1.29 is 5.11 Å². The van der Waals surface area contributed by atoms with Crippen LogP contribution in [0.1, 0.15) is 18.9 Å². The molecule has 1 saturated carbocycles. The van der Waals surface area contributed by atoms with Crippen LogP contribution in [0.15, 0.2) is 30.3 Å². The third kappa shape index (κ3) is 1.38. The Bertz CT molecular complexity index is 406. The number of piperidine rings is 1. The minimum Gasteiger partial charge on any atom is -0.374 e. The van der Waals surface area contributed by atoms with E-state index in [-0.39, 0.29) is 4.32 Å². The van der Waals surface area contributed by atoms with Crippen LogP contribution in [-0.4, -0.2) is 26.6 Å². The molecular formula is C13H16BrNO. The van der Waals surface area contributed by atoms with E-state index >= 15 is 0 Å². The molecule has 2 nitrogen and oxygen atoms in total. The second kappa shape index (κ2) is 3.31. The van der Waals surface area contributed by atoms with Gasteiger partial charge in [-0.05, 0) is 24.8 Å². The van der Waals surface area contributed by atoms with E-state index in [1.165, 1.54) is 5.56 Å². The number of benzene rings is 1. The van der Waals surface area contributed by atoms with E-state index in [1.807, 2.05) is 25.1 Å². The number of hydrogen-bond donors (Lipinski definition) is 1. The fourth-order valence-electron chi connectivity index (χ4n) is 2.82. The highest BCUT2D eigenvalue weighted by Crippen LogP contribution is 2.64. The number of likely N-dealkylation sites (tertiary alicyclic amines) is 1. The van der Waals surface area contributed by atoms with Gasteiger partial charge in [0.05, 0.1) is 4.32 Å². The number of hydrogen-bond acceptors (Lipinski definition) is 2. The van der Waals surface area contributed by atoms with Crippen molar-refractivity contribution in [3.63, 3.8) is 0 Å². The molecule has 2 aliphatic rings.